The third kappa shape index (κ3) is 3.44. The molecule has 0 spiro atoms. The van der Waals surface area contributed by atoms with Gasteiger partial charge in [0.25, 0.3) is 5.69 Å². The van der Waals surface area contributed by atoms with Gasteiger partial charge >= 0.3 is 0 Å². The average molecular weight is 276 g/mol. The number of hydrogen-bond acceptors (Lipinski definition) is 4. The SMILES string of the molecule is C=CCN(c1ccc([N+](=O)[O-])c(C(C)=O)c1)C(C)(C)C. The lowest BCUT2D eigenvalue weighted by molar-refractivity contribution is -0.385. The summed E-state index contributed by atoms with van der Waals surface area (Å²) in [6, 6.07) is 4.63. The molecule has 5 heteroatoms. The molecule has 0 aromatic heterocycles. The molecule has 0 bridgehead atoms. The van der Waals surface area contributed by atoms with Crippen LogP contribution in [0.3, 0.4) is 0 Å². The summed E-state index contributed by atoms with van der Waals surface area (Å²) < 4.78 is 0. The van der Waals surface area contributed by atoms with Gasteiger partial charge in [0.05, 0.1) is 10.5 Å². The summed E-state index contributed by atoms with van der Waals surface area (Å²) in [5, 5.41) is 11.0. The highest BCUT2D eigenvalue weighted by molar-refractivity contribution is 5.99. The molecule has 0 amide bonds. The van der Waals surface area contributed by atoms with E-state index in [0.717, 1.165) is 5.69 Å². The van der Waals surface area contributed by atoms with Crippen molar-refractivity contribution in [2.24, 2.45) is 0 Å². The molecule has 0 atom stereocenters. The standard InChI is InChI=1S/C15H20N2O3/c1-6-9-16(15(3,4)5)12-7-8-14(17(19)20)13(10-12)11(2)18/h6-8,10H,1,9H2,2-5H3. The molecular formula is C15H20N2O3. The third-order valence-electron chi connectivity index (χ3n) is 2.99. The Kier molecular flexibility index (Phi) is 4.65. The number of hydrogen-bond donors (Lipinski definition) is 0. The van der Waals surface area contributed by atoms with Crippen LogP contribution in [0.25, 0.3) is 0 Å². The lowest BCUT2D eigenvalue weighted by Crippen LogP contribution is -2.41. The Morgan fingerprint density at radius 2 is 2.05 bits per heavy atom. The van der Waals surface area contributed by atoms with Gasteiger partial charge in [-0.2, -0.15) is 0 Å². The van der Waals surface area contributed by atoms with Crippen molar-refractivity contribution in [2.75, 3.05) is 11.4 Å². The molecular weight excluding hydrogens is 256 g/mol. The number of ketones is 1. The van der Waals surface area contributed by atoms with Gasteiger partial charge in [-0.1, -0.05) is 6.08 Å². The molecule has 1 aromatic carbocycles. The van der Waals surface area contributed by atoms with E-state index >= 15 is 0 Å². The van der Waals surface area contributed by atoms with Gasteiger partial charge in [-0.05, 0) is 39.8 Å². The van der Waals surface area contributed by atoms with Crippen molar-refractivity contribution in [1.29, 1.82) is 0 Å². The maximum Gasteiger partial charge on any atom is 0.280 e. The second-order valence-electron chi connectivity index (χ2n) is 5.58. The highest BCUT2D eigenvalue weighted by atomic mass is 16.6. The van der Waals surface area contributed by atoms with E-state index in [9.17, 15) is 14.9 Å². The highest BCUT2D eigenvalue weighted by Gasteiger charge is 2.24. The van der Waals surface area contributed by atoms with Crippen LogP contribution in [0.1, 0.15) is 38.1 Å². The summed E-state index contributed by atoms with van der Waals surface area (Å²) in [7, 11) is 0. The average Bonchev–Trinajstić information content (AvgIpc) is 2.33. The summed E-state index contributed by atoms with van der Waals surface area (Å²) in [4.78, 5) is 24.1. The summed E-state index contributed by atoms with van der Waals surface area (Å²) in [6.45, 7) is 11.8. The molecule has 5 nitrogen and oxygen atoms in total. The number of rotatable bonds is 5. The summed E-state index contributed by atoms with van der Waals surface area (Å²) in [6.07, 6.45) is 1.76. The van der Waals surface area contributed by atoms with E-state index in [2.05, 4.69) is 6.58 Å². The Morgan fingerprint density at radius 3 is 2.45 bits per heavy atom. The van der Waals surface area contributed by atoms with E-state index in [-0.39, 0.29) is 22.6 Å². The molecule has 0 heterocycles. The predicted molar refractivity (Wildman–Crippen MR) is 80.4 cm³/mol. The smallest absolute Gasteiger partial charge is 0.280 e. The van der Waals surface area contributed by atoms with Crippen LogP contribution in [0.15, 0.2) is 30.9 Å². The molecule has 108 valence electrons. The van der Waals surface area contributed by atoms with Gasteiger partial charge in [-0.15, -0.1) is 6.58 Å². The van der Waals surface area contributed by atoms with E-state index < -0.39 is 4.92 Å². The number of anilines is 1. The minimum Gasteiger partial charge on any atom is -0.363 e. The van der Waals surface area contributed by atoms with Gasteiger partial charge in [0.2, 0.25) is 0 Å². The quantitative estimate of drug-likeness (QED) is 0.357. The number of benzene rings is 1. The summed E-state index contributed by atoms with van der Waals surface area (Å²) >= 11 is 0. The van der Waals surface area contributed by atoms with E-state index in [1.165, 1.54) is 13.0 Å². The second-order valence-corrected chi connectivity index (χ2v) is 5.58. The molecule has 0 saturated carbocycles. The second kappa shape index (κ2) is 5.86. The zero-order valence-corrected chi connectivity index (χ0v) is 12.3. The fourth-order valence-electron chi connectivity index (χ4n) is 2.03. The Bertz CT molecular complexity index is 545. The first-order valence-electron chi connectivity index (χ1n) is 6.36. The van der Waals surface area contributed by atoms with Crippen LogP contribution in [0, 0.1) is 10.1 Å². The van der Waals surface area contributed by atoms with Gasteiger partial charge in [-0.3, -0.25) is 14.9 Å². The minimum absolute atomic E-state index is 0.130. The van der Waals surface area contributed by atoms with Crippen LogP contribution in [0.5, 0.6) is 0 Å². The summed E-state index contributed by atoms with van der Waals surface area (Å²) in [5.41, 5.74) is 0.561. The number of nitro benzene ring substituents is 1. The molecule has 0 saturated heterocycles. The molecule has 0 aliphatic carbocycles. The van der Waals surface area contributed by atoms with Gasteiger partial charge in [0, 0.05) is 23.8 Å². The fraction of sp³-hybridized carbons (Fsp3) is 0.400. The van der Waals surface area contributed by atoms with Crippen LogP contribution >= 0.6 is 0 Å². The fourth-order valence-corrected chi connectivity index (χ4v) is 2.03. The van der Waals surface area contributed by atoms with Crippen LogP contribution in [-0.4, -0.2) is 22.8 Å². The molecule has 1 aromatic rings. The molecule has 0 aliphatic heterocycles. The van der Waals surface area contributed by atoms with Crippen molar-refractivity contribution in [2.45, 2.75) is 33.2 Å². The number of carbonyl (C=O) groups is 1. The van der Waals surface area contributed by atoms with Crippen molar-refractivity contribution >= 4 is 17.2 Å². The Labute approximate surface area is 119 Å². The molecule has 0 aliphatic rings. The van der Waals surface area contributed by atoms with Crippen LogP contribution in [-0.2, 0) is 0 Å². The molecule has 0 fully saturated rings. The molecule has 0 N–H and O–H groups in total. The van der Waals surface area contributed by atoms with Crippen molar-refractivity contribution in [1.82, 2.24) is 0 Å². The van der Waals surface area contributed by atoms with Crippen LogP contribution in [0.4, 0.5) is 11.4 Å². The molecule has 1 rings (SSSR count). The maximum absolute atomic E-state index is 11.6. The highest BCUT2D eigenvalue weighted by Crippen LogP contribution is 2.29. The van der Waals surface area contributed by atoms with Crippen LogP contribution in [0.2, 0.25) is 0 Å². The summed E-state index contributed by atoms with van der Waals surface area (Å²) in [5.74, 6) is -0.314. The first-order valence-corrected chi connectivity index (χ1v) is 6.36. The van der Waals surface area contributed by atoms with Gasteiger partial charge in [0.15, 0.2) is 5.78 Å². The molecule has 20 heavy (non-hydrogen) atoms. The number of Topliss-reactive ketones (excluding diaryl/α,β-unsaturated/α-hetero) is 1. The topological polar surface area (TPSA) is 63.4 Å². The molecule has 0 unspecified atom stereocenters. The minimum atomic E-state index is -0.532. The number of carbonyl (C=O) groups excluding carboxylic acids is 1. The Balaban J connectivity index is 3.39. The Hall–Kier alpha value is -2.17. The van der Waals surface area contributed by atoms with Gasteiger partial charge in [0.1, 0.15) is 0 Å². The van der Waals surface area contributed by atoms with E-state index in [0.29, 0.717) is 6.54 Å². The Morgan fingerprint density at radius 1 is 1.45 bits per heavy atom. The largest absolute Gasteiger partial charge is 0.363 e. The van der Waals surface area contributed by atoms with E-state index in [1.807, 2.05) is 25.7 Å². The zero-order valence-electron chi connectivity index (χ0n) is 12.3. The van der Waals surface area contributed by atoms with E-state index in [4.69, 9.17) is 0 Å². The van der Waals surface area contributed by atoms with Gasteiger partial charge in [-0.25, -0.2) is 0 Å². The number of nitrogens with zero attached hydrogens (tertiary/aromatic N) is 2. The van der Waals surface area contributed by atoms with Crippen molar-refractivity contribution in [3.05, 3.63) is 46.5 Å². The first kappa shape index (κ1) is 15.9. The van der Waals surface area contributed by atoms with Gasteiger partial charge < -0.3 is 4.90 Å². The third-order valence-corrected chi connectivity index (χ3v) is 2.99. The van der Waals surface area contributed by atoms with Crippen molar-refractivity contribution in [3.8, 4) is 0 Å². The normalized spacial score (nSPS) is 11.0. The zero-order chi connectivity index (χ0) is 15.5. The maximum atomic E-state index is 11.6. The van der Waals surface area contributed by atoms with Crippen molar-refractivity contribution in [3.63, 3.8) is 0 Å². The monoisotopic (exact) mass is 276 g/mol. The lowest BCUT2D eigenvalue weighted by Gasteiger charge is -2.37. The van der Waals surface area contributed by atoms with E-state index in [1.54, 1.807) is 18.2 Å². The van der Waals surface area contributed by atoms with Crippen molar-refractivity contribution < 1.29 is 9.72 Å². The lowest BCUT2D eigenvalue weighted by atomic mass is 10.0. The predicted octanol–water partition coefficient (Wildman–Crippen LogP) is 3.59. The van der Waals surface area contributed by atoms with Crippen LogP contribution < -0.4 is 4.90 Å². The molecule has 0 radical (unpaired) electrons. The first-order chi connectivity index (χ1) is 9.18. The number of nitro groups is 1.